The number of aliphatic hydroxyl groups excluding tert-OH is 1. The van der Waals surface area contributed by atoms with E-state index in [-0.39, 0.29) is 30.6 Å². The first-order valence-corrected chi connectivity index (χ1v) is 9.70. The highest BCUT2D eigenvalue weighted by molar-refractivity contribution is 7.89. The van der Waals surface area contributed by atoms with Gasteiger partial charge in [0.15, 0.2) is 5.03 Å². The minimum atomic E-state index is -3.83. The summed E-state index contributed by atoms with van der Waals surface area (Å²) in [5.74, 6) is -0.874. The number of amides is 1. The lowest BCUT2D eigenvalue weighted by Crippen LogP contribution is -2.33. The van der Waals surface area contributed by atoms with Crippen LogP contribution in [0.2, 0.25) is 0 Å². The molecule has 140 valence electrons. The highest BCUT2D eigenvalue weighted by Crippen LogP contribution is 2.27. The van der Waals surface area contributed by atoms with Crippen molar-refractivity contribution in [2.24, 2.45) is 0 Å². The van der Waals surface area contributed by atoms with Gasteiger partial charge in [0.1, 0.15) is 0 Å². The van der Waals surface area contributed by atoms with Crippen molar-refractivity contribution < 1.29 is 18.3 Å². The molecule has 1 amide bonds. The normalized spacial score (nSPS) is 14.9. The van der Waals surface area contributed by atoms with Gasteiger partial charge in [-0.25, -0.2) is 4.98 Å². The first kappa shape index (κ1) is 17.4. The molecule has 10 heteroatoms. The van der Waals surface area contributed by atoms with Crippen molar-refractivity contribution in [3.05, 3.63) is 65.9 Å². The molecular weight excluding hydrogens is 370 g/mol. The van der Waals surface area contributed by atoms with Crippen LogP contribution in [0.5, 0.6) is 0 Å². The number of fused-ring (bicyclic) bond motifs is 1. The van der Waals surface area contributed by atoms with Crippen molar-refractivity contribution in [3.63, 3.8) is 0 Å². The Morgan fingerprint density at radius 1 is 1.26 bits per heavy atom. The first-order chi connectivity index (χ1) is 13.0. The highest BCUT2D eigenvalue weighted by atomic mass is 32.2. The quantitative estimate of drug-likeness (QED) is 0.656. The van der Waals surface area contributed by atoms with Crippen LogP contribution in [0.3, 0.4) is 0 Å². The van der Waals surface area contributed by atoms with Crippen LogP contribution in [0.4, 0.5) is 0 Å². The number of nitrogens with one attached hydrogen (secondary N) is 1. The average molecular weight is 387 g/mol. The molecule has 4 rings (SSSR count). The second-order valence-electron chi connectivity index (χ2n) is 6.23. The lowest BCUT2D eigenvalue weighted by atomic mass is 9.98. The Kier molecular flexibility index (Phi) is 4.28. The summed E-state index contributed by atoms with van der Waals surface area (Å²) in [7, 11) is -3.83. The second-order valence-corrected chi connectivity index (χ2v) is 8.00. The summed E-state index contributed by atoms with van der Waals surface area (Å²) in [5, 5.41) is 13.8. The largest absolute Gasteiger partial charge is 0.395 e. The topological polar surface area (TPSA) is 121 Å². The lowest BCUT2D eigenvalue weighted by Gasteiger charge is -2.22. The van der Waals surface area contributed by atoms with Gasteiger partial charge in [0.2, 0.25) is 5.91 Å². The molecule has 2 N–H and O–H groups in total. The Labute approximate surface area is 155 Å². The van der Waals surface area contributed by atoms with E-state index in [1.807, 2.05) is 18.2 Å². The molecule has 9 nitrogen and oxygen atoms in total. The predicted molar refractivity (Wildman–Crippen MR) is 93.9 cm³/mol. The van der Waals surface area contributed by atoms with E-state index in [9.17, 15) is 18.3 Å². The van der Waals surface area contributed by atoms with E-state index in [0.717, 1.165) is 9.65 Å². The maximum atomic E-state index is 12.8. The summed E-state index contributed by atoms with van der Waals surface area (Å²) in [6, 6.07) is 9.07. The number of hydrogen-bond donors (Lipinski definition) is 2. The Morgan fingerprint density at radius 3 is 2.67 bits per heavy atom. The summed E-state index contributed by atoms with van der Waals surface area (Å²) in [5.41, 5.74) is 1.92. The van der Waals surface area contributed by atoms with Crippen LogP contribution in [-0.4, -0.2) is 50.1 Å². The zero-order valence-corrected chi connectivity index (χ0v) is 15.0. The number of aromatic amines is 1. The summed E-state index contributed by atoms with van der Waals surface area (Å²) in [6.07, 6.45) is 3.90. The molecular formula is C17H17N5O4S. The van der Waals surface area contributed by atoms with Crippen LogP contribution >= 0.6 is 0 Å². The van der Waals surface area contributed by atoms with E-state index >= 15 is 0 Å². The molecule has 0 saturated carbocycles. The number of rotatable bonds is 5. The van der Waals surface area contributed by atoms with Gasteiger partial charge >= 0.3 is 0 Å². The molecule has 3 heterocycles. The number of H-pyrrole nitrogens is 1. The minimum Gasteiger partial charge on any atom is -0.395 e. The maximum absolute atomic E-state index is 12.8. The molecule has 0 bridgehead atoms. The van der Waals surface area contributed by atoms with Gasteiger partial charge < -0.3 is 15.0 Å². The number of aliphatic hydroxyl groups is 1. The number of imidazole rings is 1. The third-order valence-corrected chi connectivity index (χ3v) is 6.01. The van der Waals surface area contributed by atoms with Crippen LogP contribution < -0.4 is 0 Å². The first-order valence-electron chi connectivity index (χ1n) is 8.26. The van der Waals surface area contributed by atoms with Crippen molar-refractivity contribution in [2.75, 3.05) is 6.61 Å². The molecule has 1 atom stereocenters. The fraction of sp³-hybridized carbons (Fsp3) is 0.235. The Morgan fingerprint density at radius 2 is 2.04 bits per heavy atom. The third kappa shape index (κ3) is 3.02. The van der Waals surface area contributed by atoms with Crippen LogP contribution in [-0.2, 0) is 27.9 Å². The number of nitrogens with zero attached hydrogens (tertiary/aromatic N) is 4. The number of carbonyl (C=O) groups excluding carboxylic acids is 1. The van der Waals surface area contributed by atoms with Crippen LogP contribution in [0.1, 0.15) is 22.7 Å². The van der Waals surface area contributed by atoms with Gasteiger partial charge in [-0.05, 0) is 5.56 Å². The standard InChI is InChI=1S/C17H17N5O4S/c23-10-14(12-4-2-1-3-5-12)17(24)21-7-13-8-22(20-15(13)9-21)27(25,26)16-6-18-11-19-16/h1-6,8,11,14,23H,7,9-10H2,(H,18,19)/t14-/m1/s1. The smallest absolute Gasteiger partial charge is 0.300 e. The van der Waals surface area contributed by atoms with Crippen molar-refractivity contribution in [1.82, 2.24) is 24.1 Å². The van der Waals surface area contributed by atoms with Crippen LogP contribution in [0.25, 0.3) is 0 Å². The Bertz CT molecular complexity index is 1040. The number of hydrogen-bond acceptors (Lipinski definition) is 6. The molecule has 3 aromatic rings. The van der Waals surface area contributed by atoms with E-state index in [1.165, 1.54) is 18.7 Å². The molecule has 0 saturated heterocycles. The zero-order valence-electron chi connectivity index (χ0n) is 14.2. The molecule has 0 radical (unpaired) electrons. The van der Waals surface area contributed by atoms with Gasteiger partial charge in [0.05, 0.1) is 37.3 Å². The van der Waals surface area contributed by atoms with E-state index < -0.39 is 15.9 Å². The van der Waals surface area contributed by atoms with Gasteiger partial charge in [-0.3, -0.25) is 4.79 Å². The lowest BCUT2D eigenvalue weighted by molar-refractivity contribution is -0.134. The van der Waals surface area contributed by atoms with Crippen molar-refractivity contribution >= 4 is 15.9 Å². The third-order valence-electron chi connectivity index (χ3n) is 4.55. The summed E-state index contributed by atoms with van der Waals surface area (Å²) >= 11 is 0. The van der Waals surface area contributed by atoms with E-state index in [4.69, 9.17) is 0 Å². The highest BCUT2D eigenvalue weighted by Gasteiger charge is 2.33. The fourth-order valence-corrected chi connectivity index (χ4v) is 4.19. The van der Waals surface area contributed by atoms with Gasteiger partial charge in [-0.15, -0.1) is 0 Å². The molecule has 27 heavy (non-hydrogen) atoms. The molecule has 1 aliphatic heterocycles. The van der Waals surface area contributed by atoms with Crippen molar-refractivity contribution in [1.29, 1.82) is 0 Å². The predicted octanol–water partition coefficient (Wildman–Crippen LogP) is 0.461. The molecule has 1 aliphatic rings. The van der Waals surface area contributed by atoms with Crippen LogP contribution in [0, 0.1) is 0 Å². The summed E-state index contributed by atoms with van der Waals surface area (Å²) in [4.78, 5) is 20.7. The van der Waals surface area contributed by atoms with E-state index in [1.54, 1.807) is 17.0 Å². The second kappa shape index (κ2) is 6.63. The molecule has 1 aromatic carbocycles. The van der Waals surface area contributed by atoms with E-state index in [2.05, 4.69) is 15.1 Å². The number of aromatic nitrogens is 4. The summed E-state index contributed by atoms with van der Waals surface area (Å²) < 4.78 is 25.8. The Hall–Kier alpha value is -2.98. The molecule has 0 unspecified atom stereocenters. The Balaban J connectivity index is 1.54. The van der Waals surface area contributed by atoms with Gasteiger partial charge in [0, 0.05) is 18.3 Å². The summed E-state index contributed by atoms with van der Waals surface area (Å²) in [6.45, 7) is 0.143. The zero-order chi connectivity index (χ0) is 19.0. The SMILES string of the molecule is O=C([C@H](CO)c1ccccc1)N1Cc2cn(S(=O)(=O)c3cnc[nH]3)nc2C1. The van der Waals surface area contributed by atoms with Gasteiger partial charge in [-0.2, -0.15) is 17.6 Å². The molecule has 0 fully saturated rings. The fourth-order valence-electron chi connectivity index (χ4n) is 3.12. The average Bonchev–Trinajstić information content (AvgIpc) is 3.39. The van der Waals surface area contributed by atoms with Crippen molar-refractivity contribution in [2.45, 2.75) is 24.0 Å². The molecule has 0 spiro atoms. The monoisotopic (exact) mass is 387 g/mol. The molecule has 2 aromatic heterocycles. The van der Waals surface area contributed by atoms with E-state index in [0.29, 0.717) is 11.3 Å². The number of benzene rings is 1. The molecule has 0 aliphatic carbocycles. The maximum Gasteiger partial charge on any atom is 0.300 e. The van der Waals surface area contributed by atoms with Crippen molar-refractivity contribution in [3.8, 4) is 0 Å². The van der Waals surface area contributed by atoms with Gasteiger partial charge in [-0.1, -0.05) is 30.3 Å². The van der Waals surface area contributed by atoms with Crippen LogP contribution in [0.15, 0.2) is 54.1 Å². The number of carbonyl (C=O) groups is 1. The van der Waals surface area contributed by atoms with Gasteiger partial charge in [0.25, 0.3) is 10.0 Å². The minimum absolute atomic E-state index is 0.0546.